The number of hydrogen-bond donors (Lipinski definition) is 1. The summed E-state index contributed by atoms with van der Waals surface area (Å²) in [6, 6.07) is 9.56. The van der Waals surface area contributed by atoms with Crippen LogP contribution in [0.5, 0.6) is 0 Å². The molecular formula is C17H18ClN5O3. The molecule has 8 nitrogen and oxygen atoms in total. The molecule has 26 heavy (non-hydrogen) atoms. The van der Waals surface area contributed by atoms with Crippen molar-refractivity contribution in [2.75, 3.05) is 0 Å². The molecule has 0 fully saturated rings. The van der Waals surface area contributed by atoms with Crippen LogP contribution in [-0.2, 0) is 31.9 Å². The fourth-order valence-electron chi connectivity index (χ4n) is 2.76. The number of amides is 1. The lowest BCUT2D eigenvalue weighted by molar-refractivity contribution is -0.121. The normalized spacial score (nSPS) is 12.3. The van der Waals surface area contributed by atoms with Gasteiger partial charge in [0.05, 0.1) is 6.33 Å². The molecule has 3 aromatic rings. The average molecular weight is 376 g/mol. The van der Waals surface area contributed by atoms with Crippen molar-refractivity contribution in [2.45, 2.75) is 18.5 Å². The Morgan fingerprint density at radius 2 is 1.88 bits per heavy atom. The minimum Gasteiger partial charge on any atom is -0.338 e. The van der Waals surface area contributed by atoms with Gasteiger partial charge < -0.3 is 9.88 Å². The third-order valence-electron chi connectivity index (χ3n) is 4.11. The monoisotopic (exact) mass is 375 g/mol. The number of benzene rings is 1. The summed E-state index contributed by atoms with van der Waals surface area (Å²) in [6.07, 6.45) is 1.85. The average Bonchev–Trinajstić information content (AvgIpc) is 3.02. The molecule has 1 N–H and O–H groups in total. The summed E-state index contributed by atoms with van der Waals surface area (Å²) in [4.78, 5) is 40.7. The Labute approximate surface area is 153 Å². The first kappa shape index (κ1) is 17.9. The van der Waals surface area contributed by atoms with Crippen LogP contribution >= 0.6 is 11.6 Å². The minimum absolute atomic E-state index is 0.123. The maximum atomic E-state index is 12.4. The Balaban J connectivity index is 1.78. The Bertz CT molecular complexity index is 1070. The first-order valence-corrected chi connectivity index (χ1v) is 8.40. The second-order valence-corrected chi connectivity index (χ2v) is 6.50. The Kier molecular flexibility index (Phi) is 4.94. The van der Waals surface area contributed by atoms with Crippen LogP contribution in [0.2, 0.25) is 0 Å². The van der Waals surface area contributed by atoms with Crippen molar-refractivity contribution in [1.29, 1.82) is 0 Å². The van der Waals surface area contributed by atoms with Gasteiger partial charge in [0.25, 0.3) is 5.56 Å². The van der Waals surface area contributed by atoms with Crippen LogP contribution in [0.25, 0.3) is 11.2 Å². The maximum Gasteiger partial charge on any atom is 0.332 e. The van der Waals surface area contributed by atoms with Crippen molar-refractivity contribution in [3.8, 4) is 0 Å². The number of carbonyl (C=O) groups excluding carboxylic acids is 1. The van der Waals surface area contributed by atoms with Crippen molar-refractivity contribution >= 4 is 28.7 Å². The molecule has 0 aliphatic carbocycles. The molecule has 2 aromatic heterocycles. The smallest absolute Gasteiger partial charge is 0.332 e. The van der Waals surface area contributed by atoms with E-state index in [4.69, 9.17) is 11.6 Å². The summed E-state index contributed by atoms with van der Waals surface area (Å²) in [5.41, 5.74) is -0.117. The van der Waals surface area contributed by atoms with Gasteiger partial charge in [-0.25, -0.2) is 9.78 Å². The van der Waals surface area contributed by atoms with E-state index in [0.717, 1.165) is 10.1 Å². The molecule has 2 heterocycles. The molecule has 1 atom stereocenters. The third kappa shape index (κ3) is 3.41. The summed E-state index contributed by atoms with van der Waals surface area (Å²) in [6.45, 7) is -0.123. The lowest BCUT2D eigenvalue weighted by Gasteiger charge is -2.13. The van der Waals surface area contributed by atoms with Gasteiger partial charge in [-0.3, -0.25) is 18.7 Å². The second-order valence-electron chi connectivity index (χ2n) is 5.98. The lowest BCUT2D eigenvalue weighted by Crippen LogP contribution is -2.38. The third-order valence-corrected chi connectivity index (χ3v) is 4.37. The second kappa shape index (κ2) is 7.17. The van der Waals surface area contributed by atoms with E-state index in [9.17, 15) is 14.4 Å². The minimum atomic E-state index is -0.577. The molecule has 1 amide bonds. The molecule has 136 valence electrons. The highest BCUT2D eigenvalue weighted by Gasteiger charge is 2.17. The fraction of sp³-hybridized carbons (Fsp3) is 0.294. The Hall–Kier alpha value is -2.87. The van der Waals surface area contributed by atoms with Crippen LogP contribution in [0, 0.1) is 0 Å². The molecule has 0 aliphatic rings. The number of nitrogens with one attached hydrogen (secondary N) is 1. The number of rotatable bonds is 5. The lowest BCUT2D eigenvalue weighted by atomic mass is 10.1. The molecule has 0 radical (unpaired) electrons. The van der Waals surface area contributed by atoms with Crippen LogP contribution in [0.15, 0.2) is 46.2 Å². The Morgan fingerprint density at radius 1 is 1.19 bits per heavy atom. The van der Waals surface area contributed by atoms with Gasteiger partial charge in [-0.15, -0.1) is 0 Å². The largest absolute Gasteiger partial charge is 0.338 e. The van der Waals surface area contributed by atoms with Gasteiger partial charge in [0, 0.05) is 20.5 Å². The van der Waals surface area contributed by atoms with Crippen LogP contribution in [0.3, 0.4) is 0 Å². The molecule has 0 aliphatic heterocycles. The molecule has 1 unspecified atom stereocenters. The number of fused-ring (bicyclic) bond motifs is 1. The van der Waals surface area contributed by atoms with Gasteiger partial charge in [-0.2, -0.15) is 0 Å². The number of imidazole rings is 1. The maximum absolute atomic E-state index is 12.4. The number of nitrogens with zero attached hydrogens (tertiary/aromatic N) is 4. The van der Waals surface area contributed by atoms with E-state index in [-0.39, 0.29) is 23.6 Å². The molecular weight excluding hydrogens is 358 g/mol. The predicted octanol–water partition coefficient (Wildman–Crippen LogP) is 0.357. The van der Waals surface area contributed by atoms with Gasteiger partial charge in [0.1, 0.15) is 12.0 Å². The summed E-state index contributed by atoms with van der Waals surface area (Å²) >= 11 is 6.20. The van der Waals surface area contributed by atoms with E-state index >= 15 is 0 Å². The molecule has 0 saturated carbocycles. The first-order chi connectivity index (χ1) is 12.4. The van der Waals surface area contributed by atoms with E-state index in [1.165, 1.54) is 29.6 Å². The highest BCUT2D eigenvalue weighted by atomic mass is 35.5. The zero-order chi connectivity index (χ0) is 18.8. The number of aromatic nitrogens is 4. The fourth-order valence-corrected chi connectivity index (χ4v) is 3.06. The van der Waals surface area contributed by atoms with Crippen molar-refractivity contribution < 1.29 is 4.79 Å². The zero-order valence-corrected chi connectivity index (χ0v) is 15.1. The van der Waals surface area contributed by atoms with Crippen LogP contribution in [0.1, 0.15) is 5.56 Å². The molecule has 1 aromatic carbocycles. The molecule has 0 spiro atoms. The summed E-state index contributed by atoms with van der Waals surface area (Å²) in [5.74, 6) is -0.351. The van der Waals surface area contributed by atoms with Crippen molar-refractivity contribution in [1.82, 2.24) is 24.0 Å². The molecule has 3 rings (SSSR count). The van der Waals surface area contributed by atoms with Crippen molar-refractivity contribution in [3.63, 3.8) is 0 Å². The highest BCUT2D eigenvalue weighted by Crippen LogP contribution is 2.08. The van der Waals surface area contributed by atoms with Crippen LogP contribution in [-0.4, -0.2) is 30.1 Å². The van der Waals surface area contributed by atoms with Crippen LogP contribution in [0.4, 0.5) is 0 Å². The number of hydrogen-bond acceptors (Lipinski definition) is 4. The standard InChI is InChI=1S/C17H18ClN5O3/c1-21-15-14(16(25)22(2)17(21)26)23(10-19-15)9-13(24)20-12(18)8-11-6-4-3-5-7-11/h3-7,10,12H,8-9H2,1-2H3,(H,20,24). The van der Waals surface area contributed by atoms with Gasteiger partial charge in [-0.1, -0.05) is 41.9 Å². The van der Waals surface area contributed by atoms with Gasteiger partial charge in [-0.05, 0) is 5.56 Å². The molecule has 9 heteroatoms. The van der Waals surface area contributed by atoms with Gasteiger partial charge in [0.2, 0.25) is 5.91 Å². The first-order valence-electron chi connectivity index (χ1n) is 7.96. The van der Waals surface area contributed by atoms with E-state index in [1.807, 2.05) is 30.3 Å². The number of halogens is 1. The van der Waals surface area contributed by atoms with Gasteiger partial charge >= 0.3 is 5.69 Å². The number of alkyl halides is 1. The quantitative estimate of drug-likeness (QED) is 0.515. The SMILES string of the molecule is Cn1c(=O)c2c(ncn2CC(=O)NC(Cl)Cc2ccccc2)n(C)c1=O. The topological polar surface area (TPSA) is 90.9 Å². The molecule has 0 saturated heterocycles. The predicted molar refractivity (Wildman–Crippen MR) is 98.1 cm³/mol. The van der Waals surface area contributed by atoms with E-state index in [0.29, 0.717) is 6.42 Å². The Morgan fingerprint density at radius 3 is 2.58 bits per heavy atom. The summed E-state index contributed by atoms with van der Waals surface area (Å²) in [5, 5.41) is 2.69. The number of aryl methyl sites for hydroxylation is 1. The van der Waals surface area contributed by atoms with Crippen LogP contribution < -0.4 is 16.6 Å². The van der Waals surface area contributed by atoms with E-state index in [1.54, 1.807) is 0 Å². The van der Waals surface area contributed by atoms with E-state index in [2.05, 4.69) is 10.3 Å². The van der Waals surface area contributed by atoms with E-state index < -0.39 is 16.8 Å². The summed E-state index contributed by atoms with van der Waals surface area (Å²) < 4.78 is 3.67. The summed E-state index contributed by atoms with van der Waals surface area (Å²) in [7, 11) is 2.91. The molecule has 0 bridgehead atoms. The zero-order valence-electron chi connectivity index (χ0n) is 14.3. The van der Waals surface area contributed by atoms with Crippen molar-refractivity contribution in [2.24, 2.45) is 14.1 Å². The highest BCUT2D eigenvalue weighted by molar-refractivity contribution is 6.21. The van der Waals surface area contributed by atoms with Crippen molar-refractivity contribution in [3.05, 3.63) is 63.1 Å². The van der Waals surface area contributed by atoms with Gasteiger partial charge in [0.15, 0.2) is 11.2 Å². The number of carbonyl (C=O) groups is 1.